The molecule has 1 atom stereocenters. The minimum absolute atomic E-state index is 0. The van der Waals surface area contributed by atoms with Gasteiger partial charge < -0.3 is 20.4 Å². The molecule has 0 spiro atoms. The molecule has 1 unspecified atom stereocenters. The molecule has 0 saturated heterocycles. The number of hydrogen-bond acceptors (Lipinski definition) is 16. The smallest absolute Gasteiger partial charge is 0.164 e. The Bertz CT molecular complexity index is 6090. The van der Waals surface area contributed by atoms with Crippen molar-refractivity contribution in [1.29, 1.82) is 0 Å². The van der Waals surface area contributed by atoms with Gasteiger partial charge in [-0.1, -0.05) is 331 Å². The van der Waals surface area contributed by atoms with Gasteiger partial charge in [-0.3, -0.25) is 59.0 Å². The molecule has 4 aromatic carbocycles. The Kier molecular flexibility index (Phi) is 52.0. The number of aromatic nitrogens is 8. The fourth-order valence-corrected chi connectivity index (χ4v) is 13.1. The van der Waals surface area contributed by atoms with E-state index in [1.165, 1.54) is 63.2 Å². The van der Waals surface area contributed by atoms with Crippen LogP contribution >= 0.6 is 0 Å². The largest absolute Gasteiger partial charge is 0.512 e. The quantitative estimate of drug-likeness (QED) is 0.0399. The van der Waals surface area contributed by atoms with Gasteiger partial charge in [-0.2, -0.15) is 0 Å². The third-order valence-electron chi connectivity index (χ3n) is 24.0. The van der Waals surface area contributed by atoms with E-state index in [2.05, 4.69) is 232 Å². The third-order valence-corrected chi connectivity index (χ3v) is 24.0. The second-order valence-corrected chi connectivity index (χ2v) is 45.9. The van der Waals surface area contributed by atoms with Crippen LogP contribution in [0.3, 0.4) is 0 Å². The zero-order valence-corrected chi connectivity index (χ0v) is 102. The van der Waals surface area contributed by atoms with E-state index in [0.717, 1.165) is 126 Å². The van der Waals surface area contributed by atoms with Crippen LogP contribution in [0.25, 0.3) is 88.6 Å². The van der Waals surface area contributed by atoms with Crippen LogP contribution in [-0.2, 0) is 110 Å². The van der Waals surface area contributed by atoms with E-state index >= 15 is 0 Å². The van der Waals surface area contributed by atoms with Gasteiger partial charge in [-0.05, 0) is 82.5 Å². The van der Waals surface area contributed by atoms with E-state index in [4.69, 9.17) is 19.9 Å². The summed E-state index contributed by atoms with van der Waals surface area (Å²) in [7, 11) is 0. The van der Waals surface area contributed by atoms with Crippen LogP contribution in [0.1, 0.15) is 324 Å². The van der Waals surface area contributed by atoms with E-state index in [9.17, 15) is 39.6 Å². The SMILES string of the molecule is CC(C)(C)C(=O)C=C(O)C(C)(C)C.CC(C)(C)C(=O)C=C(O)C(C)(C)C.CC(C)(C)C(=O)C=C(O)C(C)(C)C.CC(C)(C)C(=O)C=C(O)C(C)(C)C.CCC(C)(CC)c1cc(C)[c-]c(-c2ccc3cnccc3n2)c1.CCC(C)c1cc(C)[c-]c(-c2ccc3cnccc3n2)c1.CCC(CC)c1cc(C)[c-]c(-c2ccc3cnccc3n2)c1.Cc1[c-]c(-c2ccc3cnccc3n2)cc(C(C)(C)C)c1.[Ir].[Ir].[Ir].[Ir]. The van der Waals surface area contributed by atoms with E-state index < -0.39 is 21.7 Å². The summed E-state index contributed by atoms with van der Waals surface area (Å²) in [5.74, 6) is 1.58. The van der Waals surface area contributed by atoms with Gasteiger partial charge in [-0.15, -0.1) is 140 Å². The van der Waals surface area contributed by atoms with Crippen LogP contribution in [0.15, 0.2) is 218 Å². The van der Waals surface area contributed by atoms with E-state index in [1.807, 2.05) is 221 Å². The van der Waals surface area contributed by atoms with Crippen molar-refractivity contribution >= 4 is 66.7 Å². The van der Waals surface area contributed by atoms with Gasteiger partial charge >= 0.3 is 0 Å². The fraction of sp³-hybridized carbons (Fsp3) is 0.447. The van der Waals surface area contributed by atoms with Gasteiger partial charge in [0, 0.05) is 219 Å². The average Bonchev–Trinajstić information content (AvgIpc) is 0.769. The number of rotatable bonds is 16. The molecule has 143 heavy (non-hydrogen) atoms. The number of allylic oxidation sites excluding steroid dienone is 8. The number of pyridine rings is 8. The zero-order valence-electron chi connectivity index (χ0n) is 92.5. The summed E-state index contributed by atoms with van der Waals surface area (Å²) in [6, 6.07) is 56.0. The molecule has 8 aromatic heterocycles. The normalized spacial score (nSPS) is 12.5. The predicted molar refractivity (Wildman–Crippen MR) is 581 cm³/mol. The number of aryl methyl sites for hydroxylation is 4. The van der Waals surface area contributed by atoms with Crippen LogP contribution in [-0.4, -0.2) is 83.4 Å². The number of aliphatic hydroxyl groups excluding tert-OH is 4. The number of nitrogens with zero attached hydrogens (tertiary/aromatic N) is 8. The summed E-state index contributed by atoms with van der Waals surface area (Å²) in [4.78, 5) is 81.5. The van der Waals surface area contributed by atoms with E-state index in [-0.39, 0.29) is 159 Å². The average molecular weight is 2650 g/mol. The maximum absolute atomic E-state index is 11.5. The van der Waals surface area contributed by atoms with Crippen molar-refractivity contribution in [3.63, 3.8) is 0 Å². The standard InChI is InChI=1S/C21H23N2.C20H21N2.2C19H19N2.4C11H20O2.4Ir/c1-5-21(4,6-2)18-12-15(3)11-17(13-18)19-8-7-16-14-22-10-9-20(16)23-19;1-4-15(5-2)17-10-14(3)11-18(12-17)19-7-6-16-13-21-9-8-20(16)22-19;1-13-9-15(11-16(10-13)19(2,3)4)17-6-5-14-12-20-8-7-18(14)21-17;1-4-14(3)16-9-13(2)10-17(11-16)18-6-5-15-12-20-8-7-19(15)21-18;4*1-10(2,3)8(12)7-9(13)11(4,5)6;;;;/h7-10,12-14H,5-6H2,1-4H3;6-10,12-13,15H,4-5H2,1-3H3;5-8,10-12H,1-4H3;5-9,11-12,14H,4H2,1-3H3;4*7,12H,1-6H3;;;;/q4*-1;;;;;;;;. The molecule has 12 rings (SSSR count). The molecule has 0 aliphatic heterocycles. The molecule has 782 valence electrons. The monoisotopic (exact) mass is 2650 g/mol. The van der Waals surface area contributed by atoms with Crippen LogP contribution in [0.4, 0.5) is 0 Å². The summed E-state index contributed by atoms with van der Waals surface area (Å²) in [5.41, 5.74) is 19.4. The van der Waals surface area contributed by atoms with E-state index in [1.54, 1.807) is 24.8 Å². The molecule has 0 aliphatic carbocycles. The van der Waals surface area contributed by atoms with Crippen molar-refractivity contribution in [2.45, 2.75) is 318 Å². The van der Waals surface area contributed by atoms with Crippen molar-refractivity contribution in [3.8, 4) is 45.0 Å². The van der Waals surface area contributed by atoms with Crippen LogP contribution in [0, 0.1) is 95.3 Å². The number of carbonyl (C=O) groups is 4. The Balaban J connectivity index is 0.000000824. The zero-order chi connectivity index (χ0) is 105. The van der Waals surface area contributed by atoms with Crippen molar-refractivity contribution in [1.82, 2.24) is 39.9 Å². The Morgan fingerprint density at radius 1 is 0.301 bits per heavy atom. The maximum Gasteiger partial charge on any atom is 0.164 e. The Morgan fingerprint density at radius 3 is 0.762 bits per heavy atom. The Morgan fingerprint density at radius 2 is 0.531 bits per heavy atom. The molecule has 0 amide bonds. The van der Waals surface area contributed by atoms with Gasteiger partial charge in [0.25, 0.3) is 0 Å². The Labute approximate surface area is 912 Å². The summed E-state index contributed by atoms with van der Waals surface area (Å²) in [6.07, 6.45) is 25.6. The second kappa shape index (κ2) is 56.5. The topological polar surface area (TPSA) is 252 Å². The van der Waals surface area contributed by atoms with Crippen LogP contribution in [0.2, 0.25) is 0 Å². The summed E-state index contributed by atoms with van der Waals surface area (Å²) >= 11 is 0. The number of aliphatic hydroxyl groups is 4. The molecule has 20 heteroatoms. The number of ketones is 4. The van der Waals surface area contributed by atoms with Gasteiger partial charge in [-0.25, -0.2) is 0 Å². The number of fused-ring (bicyclic) bond motifs is 4. The number of benzene rings is 4. The predicted octanol–water partition coefficient (Wildman–Crippen LogP) is 32.8. The number of hydrogen-bond donors (Lipinski definition) is 4. The minimum atomic E-state index is -0.417. The molecule has 4 radical (unpaired) electrons. The maximum atomic E-state index is 11.5. The van der Waals surface area contributed by atoms with Crippen molar-refractivity contribution in [2.75, 3.05) is 0 Å². The van der Waals surface area contributed by atoms with Crippen molar-refractivity contribution in [3.05, 3.63) is 287 Å². The minimum Gasteiger partial charge on any atom is -0.512 e. The van der Waals surface area contributed by atoms with Crippen molar-refractivity contribution < 1.29 is 120 Å². The summed E-state index contributed by atoms with van der Waals surface area (Å²) < 4.78 is 0. The summed E-state index contributed by atoms with van der Waals surface area (Å²) in [6.45, 7) is 75.4. The van der Waals surface area contributed by atoms with Gasteiger partial charge in [0.05, 0.1) is 22.1 Å². The fourth-order valence-electron chi connectivity index (χ4n) is 13.1. The first kappa shape index (κ1) is 132. The van der Waals surface area contributed by atoms with Gasteiger partial charge in [0.15, 0.2) is 23.1 Å². The molecule has 0 bridgehead atoms. The van der Waals surface area contributed by atoms with Gasteiger partial charge in [0.2, 0.25) is 0 Å². The molecular formula is C123H162Ir4N8O8-4. The van der Waals surface area contributed by atoms with Crippen molar-refractivity contribution in [2.24, 2.45) is 43.3 Å². The van der Waals surface area contributed by atoms with Crippen LogP contribution in [0.5, 0.6) is 0 Å². The molecule has 12 aromatic rings. The second-order valence-electron chi connectivity index (χ2n) is 45.9. The van der Waals surface area contributed by atoms with Gasteiger partial charge in [0.1, 0.15) is 23.0 Å². The summed E-state index contributed by atoms with van der Waals surface area (Å²) in [5, 5.41) is 42.5. The third kappa shape index (κ3) is 42.5. The molecular weight excluding hydrogens is 2490 g/mol. The molecule has 16 nitrogen and oxygen atoms in total. The first-order chi connectivity index (χ1) is 64.1. The number of carbonyl (C=O) groups excluding carboxylic acids is 4. The van der Waals surface area contributed by atoms with E-state index in [0.29, 0.717) is 11.8 Å². The first-order valence-electron chi connectivity index (χ1n) is 48.9. The first-order valence-corrected chi connectivity index (χ1v) is 48.9. The molecule has 0 saturated carbocycles. The molecule has 0 fully saturated rings. The van der Waals surface area contributed by atoms with Crippen LogP contribution < -0.4 is 0 Å². The molecule has 0 aliphatic rings. The Hall–Kier alpha value is -9.44. The molecule has 8 heterocycles. The molecule has 4 N–H and O–H groups in total.